The zero-order chi connectivity index (χ0) is 12.8. The molecule has 0 fully saturated rings. The summed E-state index contributed by atoms with van der Waals surface area (Å²) >= 11 is 1.80. The van der Waals surface area contributed by atoms with Crippen molar-refractivity contribution in [3.63, 3.8) is 0 Å². The molecule has 0 spiro atoms. The molecule has 0 radical (unpaired) electrons. The zero-order valence-corrected chi connectivity index (χ0v) is 11.3. The van der Waals surface area contributed by atoms with Gasteiger partial charge in [0.2, 0.25) is 0 Å². The summed E-state index contributed by atoms with van der Waals surface area (Å²) in [5, 5.41) is 1.32. The van der Waals surface area contributed by atoms with Crippen LogP contribution < -0.4 is 0 Å². The summed E-state index contributed by atoms with van der Waals surface area (Å²) in [5.74, 6) is 0.972. The second kappa shape index (κ2) is 3.93. The Labute approximate surface area is 114 Å². The van der Waals surface area contributed by atoms with Crippen LogP contribution in [0.3, 0.4) is 0 Å². The van der Waals surface area contributed by atoms with E-state index in [4.69, 9.17) is 4.98 Å². The number of nitrogens with one attached hydrogen (secondary N) is 1. The van der Waals surface area contributed by atoms with Crippen molar-refractivity contribution in [1.29, 1.82) is 0 Å². The van der Waals surface area contributed by atoms with Gasteiger partial charge in [-0.05, 0) is 36.1 Å². The van der Waals surface area contributed by atoms with E-state index in [0.29, 0.717) is 0 Å². The van der Waals surface area contributed by atoms with Crippen LogP contribution in [0.2, 0.25) is 0 Å². The number of para-hydroxylation sites is 2. The molecule has 0 aliphatic heterocycles. The first kappa shape index (κ1) is 10.8. The lowest BCUT2D eigenvalue weighted by Crippen LogP contribution is -1.78. The molecule has 0 saturated heterocycles. The number of aromatic nitrogens is 2. The highest BCUT2D eigenvalue weighted by molar-refractivity contribution is 7.22. The van der Waals surface area contributed by atoms with Gasteiger partial charge in [0.1, 0.15) is 5.82 Å². The Bertz CT molecular complexity index is 853. The van der Waals surface area contributed by atoms with E-state index < -0.39 is 0 Å². The molecule has 1 N–H and O–H groups in total. The van der Waals surface area contributed by atoms with Gasteiger partial charge in [-0.15, -0.1) is 11.3 Å². The molecule has 4 aromatic rings. The fourth-order valence-corrected chi connectivity index (χ4v) is 3.61. The van der Waals surface area contributed by atoms with Gasteiger partial charge in [0.25, 0.3) is 0 Å². The molecule has 2 aromatic heterocycles. The molecule has 0 unspecified atom stereocenters. The Balaban J connectivity index is 2.01. The number of aryl methyl sites for hydroxylation is 1. The lowest BCUT2D eigenvalue weighted by Gasteiger charge is -1.93. The number of aromatic amines is 1. The molecule has 0 amide bonds. The third-order valence-electron chi connectivity index (χ3n) is 3.45. The highest BCUT2D eigenvalue weighted by Gasteiger charge is 2.13. The highest BCUT2D eigenvalue weighted by atomic mass is 32.1. The molecular formula is C16H12N2S. The van der Waals surface area contributed by atoms with Crippen molar-refractivity contribution in [2.45, 2.75) is 6.92 Å². The molecule has 0 atom stereocenters. The van der Waals surface area contributed by atoms with E-state index in [0.717, 1.165) is 16.9 Å². The number of H-pyrrole nitrogens is 1. The molecular weight excluding hydrogens is 252 g/mol. The molecule has 0 aliphatic rings. The Morgan fingerprint density at radius 2 is 1.79 bits per heavy atom. The number of hydrogen-bond acceptors (Lipinski definition) is 2. The van der Waals surface area contributed by atoms with Gasteiger partial charge in [-0.1, -0.05) is 30.3 Å². The summed E-state index contributed by atoms with van der Waals surface area (Å²) in [6.07, 6.45) is 0. The molecule has 0 saturated carbocycles. The largest absolute Gasteiger partial charge is 0.337 e. The maximum Gasteiger partial charge on any atom is 0.148 e. The summed E-state index contributed by atoms with van der Waals surface area (Å²) in [4.78, 5) is 9.34. The van der Waals surface area contributed by atoms with Gasteiger partial charge in [0.15, 0.2) is 0 Å². The molecule has 92 valence electrons. The highest BCUT2D eigenvalue weighted by Crippen LogP contribution is 2.37. The van der Waals surface area contributed by atoms with Crippen molar-refractivity contribution < 1.29 is 0 Å². The van der Waals surface area contributed by atoms with Gasteiger partial charge in [0.05, 0.1) is 15.9 Å². The fraction of sp³-hybridized carbons (Fsp3) is 0.0625. The van der Waals surface area contributed by atoms with E-state index in [2.05, 4.69) is 42.2 Å². The normalized spacial score (nSPS) is 11.4. The zero-order valence-electron chi connectivity index (χ0n) is 10.5. The SMILES string of the molecule is Cc1c(-c2nc3ccccc3[nH]2)sc2ccccc12. The van der Waals surface area contributed by atoms with Crippen molar-refractivity contribution in [2.24, 2.45) is 0 Å². The number of rotatable bonds is 1. The first-order chi connectivity index (χ1) is 9.33. The lowest BCUT2D eigenvalue weighted by molar-refractivity contribution is 1.34. The summed E-state index contributed by atoms with van der Waals surface area (Å²) in [6.45, 7) is 2.17. The summed E-state index contributed by atoms with van der Waals surface area (Å²) in [7, 11) is 0. The van der Waals surface area contributed by atoms with Gasteiger partial charge in [0, 0.05) is 4.70 Å². The molecule has 2 nitrogen and oxygen atoms in total. The molecule has 0 bridgehead atoms. The van der Waals surface area contributed by atoms with E-state index in [9.17, 15) is 0 Å². The maximum absolute atomic E-state index is 4.69. The minimum Gasteiger partial charge on any atom is -0.337 e. The van der Waals surface area contributed by atoms with Crippen molar-refractivity contribution in [1.82, 2.24) is 9.97 Å². The summed E-state index contributed by atoms with van der Waals surface area (Å²) in [6, 6.07) is 16.7. The average Bonchev–Trinajstić information content (AvgIpc) is 3.00. The number of fused-ring (bicyclic) bond motifs is 2. The van der Waals surface area contributed by atoms with Crippen molar-refractivity contribution >= 4 is 32.5 Å². The standard InChI is InChI=1S/C16H12N2S/c1-10-11-6-2-5-9-14(11)19-15(10)16-17-12-7-3-4-8-13(12)18-16/h2-9H,1H3,(H,17,18). The number of benzene rings is 2. The number of thiophene rings is 1. The molecule has 4 rings (SSSR count). The topological polar surface area (TPSA) is 28.7 Å². The summed E-state index contributed by atoms with van der Waals surface area (Å²) in [5.41, 5.74) is 3.42. The van der Waals surface area contributed by atoms with E-state index in [1.165, 1.54) is 20.5 Å². The van der Waals surface area contributed by atoms with Crippen LogP contribution in [0.25, 0.3) is 31.8 Å². The molecule has 2 aromatic carbocycles. The van der Waals surface area contributed by atoms with E-state index >= 15 is 0 Å². The molecule has 2 heterocycles. The van der Waals surface area contributed by atoms with Crippen molar-refractivity contribution in [3.8, 4) is 10.7 Å². The second-order valence-electron chi connectivity index (χ2n) is 4.65. The van der Waals surface area contributed by atoms with Crippen LogP contribution in [-0.4, -0.2) is 9.97 Å². The van der Waals surface area contributed by atoms with Crippen molar-refractivity contribution in [3.05, 3.63) is 54.1 Å². The Kier molecular flexibility index (Phi) is 2.23. The number of imidazole rings is 1. The van der Waals surface area contributed by atoms with Crippen LogP contribution in [0.5, 0.6) is 0 Å². The minimum absolute atomic E-state index is 0.972. The fourth-order valence-electron chi connectivity index (χ4n) is 2.46. The predicted molar refractivity (Wildman–Crippen MR) is 81.6 cm³/mol. The van der Waals surface area contributed by atoms with Gasteiger partial charge < -0.3 is 4.98 Å². The van der Waals surface area contributed by atoms with Gasteiger partial charge >= 0.3 is 0 Å². The lowest BCUT2D eigenvalue weighted by atomic mass is 10.1. The smallest absolute Gasteiger partial charge is 0.148 e. The Morgan fingerprint density at radius 3 is 2.63 bits per heavy atom. The van der Waals surface area contributed by atoms with Crippen molar-refractivity contribution in [2.75, 3.05) is 0 Å². The number of nitrogens with zero attached hydrogens (tertiary/aromatic N) is 1. The minimum atomic E-state index is 0.972. The van der Waals surface area contributed by atoms with Gasteiger partial charge in [-0.3, -0.25) is 0 Å². The van der Waals surface area contributed by atoms with Crippen LogP contribution in [0.4, 0.5) is 0 Å². The van der Waals surface area contributed by atoms with E-state index in [1.807, 2.05) is 18.2 Å². The van der Waals surface area contributed by atoms with E-state index in [-0.39, 0.29) is 0 Å². The van der Waals surface area contributed by atoms with Crippen LogP contribution in [-0.2, 0) is 0 Å². The molecule has 3 heteroatoms. The number of hydrogen-bond donors (Lipinski definition) is 1. The molecule has 0 aliphatic carbocycles. The van der Waals surface area contributed by atoms with Crippen LogP contribution >= 0.6 is 11.3 Å². The third-order valence-corrected chi connectivity index (χ3v) is 4.73. The van der Waals surface area contributed by atoms with Crippen LogP contribution in [0.1, 0.15) is 5.56 Å². The monoisotopic (exact) mass is 264 g/mol. The quantitative estimate of drug-likeness (QED) is 0.528. The van der Waals surface area contributed by atoms with Crippen LogP contribution in [0, 0.1) is 6.92 Å². The first-order valence-corrected chi connectivity index (χ1v) is 7.08. The Morgan fingerprint density at radius 1 is 1.00 bits per heavy atom. The third kappa shape index (κ3) is 1.59. The first-order valence-electron chi connectivity index (χ1n) is 6.26. The van der Waals surface area contributed by atoms with E-state index in [1.54, 1.807) is 11.3 Å². The average molecular weight is 264 g/mol. The maximum atomic E-state index is 4.69. The van der Waals surface area contributed by atoms with Gasteiger partial charge in [-0.25, -0.2) is 4.98 Å². The summed E-state index contributed by atoms with van der Waals surface area (Å²) < 4.78 is 1.32. The predicted octanol–water partition coefficient (Wildman–Crippen LogP) is 4.75. The molecule has 19 heavy (non-hydrogen) atoms. The second-order valence-corrected chi connectivity index (χ2v) is 5.71. The van der Waals surface area contributed by atoms with Crippen LogP contribution in [0.15, 0.2) is 48.5 Å². The van der Waals surface area contributed by atoms with Gasteiger partial charge in [-0.2, -0.15) is 0 Å². The Hall–Kier alpha value is -2.13.